The summed E-state index contributed by atoms with van der Waals surface area (Å²) in [5, 5.41) is 0.327. The van der Waals surface area contributed by atoms with Crippen LogP contribution in [0.4, 0.5) is 0 Å². The Morgan fingerprint density at radius 2 is 2.26 bits per heavy atom. The molecule has 2 aromatic rings. The third kappa shape index (κ3) is 2.15. The zero-order valence-corrected chi connectivity index (χ0v) is 11.4. The maximum atomic E-state index is 12.6. The summed E-state index contributed by atoms with van der Waals surface area (Å²) in [6, 6.07) is 7.42. The maximum absolute atomic E-state index is 12.6. The molecule has 100 valence electrons. The molecule has 1 fully saturated rings. The Morgan fingerprint density at radius 1 is 1.47 bits per heavy atom. The van der Waals surface area contributed by atoms with Crippen molar-refractivity contribution < 1.29 is 4.74 Å². The van der Waals surface area contributed by atoms with Crippen LogP contribution in [0.1, 0.15) is 30.6 Å². The number of para-hydroxylation sites is 1. The minimum absolute atomic E-state index is 0.0244. The van der Waals surface area contributed by atoms with Gasteiger partial charge in [-0.3, -0.25) is 9.36 Å². The highest BCUT2D eigenvalue weighted by Crippen LogP contribution is 2.25. The summed E-state index contributed by atoms with van der Waals surface area (Å²) < 4.78 is 7.10. The lowest BCUT2D eigenvalue weighted by molar-refractivity contribution is 0.185. The van der Waals surface area contributed by atoms with Gasteiger partial charge in [-0.05, 0) is 25.5 Å². The molecule has 0 saturated carbocycles. The highest BCUT2D eigenvalue weighted by Gasteiger charge is 2.24. The van der Waals surface area contributed by atoms with Crippen LogP contribution in [0.5, 0.6) is 0 Å². The largest absolute Gasteiger partial charge is 0.379 e. The minimum atomic E-state index is -0.307. The van der Waals surface area contributed by atoms with Crippen LogP contribution in [0.2, 0.25) is 0 Å². The molecule has 1 saturated heterocycles. The van der Waals surface area contributed by atoms with Gasteiger partial charge in [0.1, 0.15) is 5.82 Å². The lowest BCUT2D eigenvalue weighted by Crippen LogP contribution is -2.30. The summed E-state index contributed by atoms with van der Waals surface area (Å²) in [4.78, 5) is 17.2. The van der Waals surface area contributed by atoms with Gasteiger partial charge in [-0.2, -0.15) is 0 Å². The molecule has 0 amide bonds. The van der Waals surface area contributed by atoms with Crippen molar-refractivity contribution in [1.82, 2.24) is 9.55 Å². The Kier molecular flexibility index (Phi) is 3.29. The van der Waals surface area contributed by atoms with Gasteiger partial charge in [0.05, 0.1) is 28.9 Å². The minimum Gasteiger partial charge on any atom is -0.379 e. The number of rotatable bonds is 2. The summed E-state index contributed by atoms with van der Waals surface area (Å²) in [6.45, 7) is 3.07. The highest BCUT2D eigenvalue weighted by molar-refractivity contribution is 6.20. The van der Waals surface area contributed by atoms with Gasteiger partial charge in [0.25, 0.3) is 5.56 Å². The van der Waals surface area contributed by atoms with Gasteiger partial charge in [0, 0.05) is 6.61 Å². The van der Waals surface area contributed by atoms with Gasteiger partial charge >= 0.3 is 0 Å². The molecule has 0 radical (unpaired) electrons. The summed E-state index contributed by atoms with van der Waals surface area (Å²) in [5.41, 5.74) is 0.675. The normalized spacial score (nSPS) is 20.8. The van der Waals surface area contributed by atoms with Crippen molar-refractivity contribution in [3.63, 3.8) is 0 Å². The molecule has 2 unspecified atom stereocenters. The molecule has 0 aliphatic carbocycles. The van der Waals surface area contributed by atoms with Crippen LogP contribution in [0.25, 0.3) is 10.9 Å². The molecule has 4 nitrogen and oxygen atoms in total. The number of aromatic nitrogens is 2. The van der Waals surface area contributed by atoms with E-state index in [1.54, 1.807) is 10.6 Å². The van der Waals surface area contributed by atoms with Gasteiger partial charge in [-0.25, -0.2) is 4.98 Å². The van der Waals surface area contributed by atoms with E-state index in [1.165, 1.54) is 0 Å². The van der Waals surface area contributed by atoms with Gasteiger partial charge in [-0.1, -0.05) is 12.1 Å². The fraction of sp³-hybridized carbons (Fsp3) is 0.429. The van der Waals surface area contributed by atoms with E-state index in [4.69, 9.17) is 16.3 Å². The van der Waals surface area contributed by atoms with E-state index in [0.29, 0.717) is 29.9 Å². The average Bonchev–Trinajstić information content (AvgIpc) is 2.92. The lowest BCUT2D eigenvalue weighted by Gasteiger charge is -2.19. The van der Waals surface area contributed by atoms with E-state index in [-0.39, 0.29) is 17.0 Å². The van der Waals surface area contributed by atoms with Crippen molar-refractivity contribution >= 4 is 22.5 Å². The molecule has 2 heterocycles. The molecular formula is C14H15ClN2O2. The van der Waals surface area contributed by atoms with E-state index >= 15 is 0 Å². The number of fused-ring (bicyclic) bond motifs is 1. The molecule has 1 aromatic heterocycles. The first kappa shape index (κ1) is 12.6. The third-order valence-corrected chi connectivity index (χ3v) is 3.66. The Hall–Kier alpha value is -1.39. The fourth-order valence-electron chi connectivity index (χ4n) is 2.52. The monoisotopic (exact) mass is 278 g/mol. The molecule has 1 aliphatic rings. The number of nitrogens with zero attached hydrogens (tertiary/aromatic N) is 2. The van der Waals surface area contributed by atoms with Crippen molar-refractivity contribution in [2.45, 2.75) is 24.8 Å². The van der Waals surface area contributed by atoms with E-state index in [9.17, 15) is 4.79 Å². The second-order valence-corrected chi connectivity index (χ2v) is 5.45. The van der Waals surface area contributed by atoms with Gasteiger partial charge in [0.2, 0.25) is 0 Å². The zero-order chi connectivity index (χ0) is 13.4. The van der Waals surface area contributed by atoms with Crippen LogP contribution in [0.15, 0.2) is 29.1 Å². The number of hydrogen-bond acceptors (Lipinski definition) is 3. The highest BCUT2D eigenvalue weighted by atomic mass is 35.5. The number of halogens is 1. The molecule has 19 heavy (non-hydrogen) atoms. The second kappa shape index (κ2) is 4.94. The van der Waals surface area contributed by atoms with Crippen LogP contribution in [-0.2, 0) is 4.74 Å². The fourth-order valence-corrected chi connectivity index (χ4v) is 2.68. The maximum Gasteiger partial charge on any atom is 0.261 e. The van der Waals surface area contributed by atoms with E-state index in [0.717, 1.165) is 6.42 Å². The third-order valence-electron chi connectivity index (χ3n) is 3.46. The molecule has 0 N–H and O–H groups in total. The topological polar surface area (TPSA) is 44.1 Å². The standard InChI is InChI=1S/C14H15ClN2O2/c1-9(15)13-16-12-5-3-2-4-11(12)14(18)17(13)10-6-7-19-8-10/h2-5,9-10H,6-8H2,1H3. The summed E-state index contributed by atoms with van der Waals surface area (Å²) in [7, 11) is 0. The molecule has 2 atom stereocenters. The van der Waals surface area contributed by atoms with E-state index in [2.05, 4.69) is 4.98 Å². The summed E-state index contributed by atoms with van der Waals surface area (Å²) in [6.07, 6.45) is 0.830. The smallest absolute Gasteiger partial charge is 0.261 e. The average molecular weight is 279 g/mol. The zero-order valence-electron chi connectivity index (χ0n) is 10.7. The predicted molar refractivity (Wildman–Crippen MR) is 74.7 cm³/mol. The van der Waals surface area contributed by atoms with E-state index < -0.39 is 0 Å². The van der Waals surface area contributed by atoms with Crippen molar-refractivity contribution in [2.24, 2.45) is 0 Å². The quantitative estimate of drug-likeness (QED) is 0.793. The molecule has 0 bridgehead atoms. The van der Waals surface area contributed by atoms with Gasteiger partial charge in [0.15, 0.2) is 0 Å². The van der Waals surface area contributed by atoms with Crippen molar-refractivity contribution in [1.29, 1.82) is 0 Å². The number of benzene rings is 1. The first-order valence-corrected chi connectivity index (χ1v) is 6.85. The van der Waals surface area contributed by atoms with Crippen molar-refractivity contribution in [3.8, 4) is 0 Å². The first-order chi connectivity index (χ1) is 9.18. The second-order valence-electron chi connectivity index (χ2n) is 4.80. The first-order valence-electron chi connectivity index (χ1n) is 6.41. The molecule has 0 spiro atoms. The lowest BCUT2D eigenvalue weighted by atomic mass is 10.2. The van der Waals surface area contributed by atoms with Crippen LogP contribution in [0.3, 0.4) is 0 Å². The molecule has 1 aliphatic heterocycles. The van der Waals surface area contributed by atoms with Crippen LogP contribution < -0.4 is 5.56 Å². The Labute approximate surface area is 116 Å². The van der Waals surface area contributed by atoms with Crippen LogP contribution in [0, 0.1) is 0 Å². The van der Waals surface area contributed by atoms with Gasteiger partial charge in [-0.15, -0.1) is 11.6 Å². The molecule has 5 heteroatoms. The molecular weight excluding hydrogens is 264 g/mol. The van der Waals surface area contributed by atoms with Gasteiger partial charge < -0.3 is 4.74 Å². The Morgan fingerprint density at radius 3 is 2.95 bits per heavy atom. The number of ether oxygens (including phenoxy) is 1. The van der Waals surface area contributed by atoms with Crippen LogP contribution in [-0.4, -0.2) is 22.8 Å². The SMILES string of the molecule is CC(Cl)c1nc2ccccc2c(=O)n1C1CCOC1. The molecule has 1 aromatic carbocycles. The Balaban J connectivity index is 2.30. The molecule has 3 rings (SSSR count). The Bertz CT molecular complexity index is 660. The summed E-state index contributed by atoms with van der Waals surface area (Å²) in [5.74, 6) is 0.626. The number of hydrogen-bond donors (Lipinski definition) is 0. The van der Waals surface area contributed by atoms with E-state index in [1.807, 2.05) is 25.1 Å². The predicted octanol–water partition coefficient (Wildman–Crippen LogP) is 2.66. The van der Waals surface area contributed by atoms with Crippen LogP contribution >= 0.6 is 11.6 Å². The van der Waals surface area contributed by atoms with Crippen molar-refractivity contribution in [3.05, 3.63) is 40.4 Å². The van der Waals surface area contributed by atoms with Crippen molar-refractivity contribution in [2.75, 3.05) is 13.2 Å². The number of alkyl halides is 1. The summed E-state index contributed by atoms with van der Waals surface area (Å²) >= 11 is 6.20.